The summed E-state index contributed by atoms with van der Waals surface area (Å²) in [5.41, 5.74) is 4.54. The number of nitrogens with zero attached hydrogens (tertiary/aromatic N) is 2. The number of halogens is 2. The molecule has 1 amide bonds. The van der Waals surface area contributed by atoms with Gasteiger partial charge in [-0.25, -0.2) is 8.78 Å². The molecule has 2 aliphatic rings. The Labute approximate surface area is 171 Å². The van der Waals surface area contributed by atoms with Crippen molar-refractivity contribution in [2.45, 2.75) is 12.6 Å². The topological polar surface area (TPSA) is 39.3 Å². The monoisotopic (exact) mass is 401 g/mol. The number of rotatable bonds is 1. The number of hydrogen-bond acceptors (Lipinski definition) is 2. The smallest absolute Gasteiger partial charge is 0.258 e. The van der Waals surface area contributed by atoms with Crippen LogP contribution in [-0.4, -0.2) is 22.3 Å². The zero-order valence-electron chi connectivity index (χ0n) is 15.9. The molecule has 6 rings (SSSR count). The molecule has 1 N–H and O–H groups in total. The molecule has 30 heavy (non-hydrogen) atoms. The van der Waals surface area contributed by atoms with E-state index in [0.717, 1.165) is 22.2 Å². The van der Waals surface area contributed by atoms with Gasteiger partial charge in [0.25, 0.3) is 5.91 Å². The lowest BCUT2D eigenvalue weighted by molar-refractivity contribution is 0.0641. The third-order valence-corrected chi connectivity index (χ3v) is 6.04. The molecule has 0 saturated heterocycles. The molecule has 2 aliphatic heterocycles. The highest BCUT2D eigenvalue weighted by Gasteiger charge is 2.43. The predicted octanol–water partition coefficient (Wildman–Crippen LogP) is 5.29. The van der Waals surface area contributed by atoms with Crippen LogP contribution >= 0.6 is 0 Å². The molecule has 1 unspecified atom stereocenters. The summed E-state index contributed by atoms with van der Waals surface area (Å²) >= 11 is 0. The van der Waals surface area contributed by atoms with Gasteiger partial charge < -0.3 is 14.8 Å². The average molecular weight is 401 g/mol. The van der Waals surface area contributed by atoms with Gasteiger partial charge in [-0.05, 0) is 54.4 Å². The third-order valence-electron chi connectivity index (χ3n) is 6.04. The largest absolute Gasteiger partial charge is 0.355 e. The van der Waals surface area contributed by atoms with Crippen LogP contribution in [0.2, 0.25) is 0 Å². The number of H-pyrrole nitrogens is 1. The number of carbonyl (C=O) groups excluding carboxylic acids is 1. The van der Waals surface area contributed by atoms with Gasteiger partial charge in [0.2, 0.25) is 0 Å². The van der Waals surface area contributed by atoms with Gasteiger partial charge in [0.1, 0.15) is 11.6 Å². The van der Waals surface area contributed by atoms with Gasteiger partial charge in [-0.3, -0.25) is 4.79 Å². The molecular formula is C24H17F2N3O. The summed E-state index contributed by atoms with van der Waals surface area (Å²) in [5.74, 6) is -1.05. The van der Waals surface area contributed by atoms with Crippen molar-refractivity contribution in [2.24, 2.45) is 0 Å². The van der Waals surface area contributed by atoms with Crippen molar-refractivity contribution >= 4 is 28.2 Å². The average Bonchev–Trinajstić information content (AvgIpc) is 3.13. The van der Waals surface area contributed by atoms with E-state index < -0.39 is 12.0 Å². The van der Waals surface area contributed by atoms with Gasteiger partial charge >= 0.3 is 0 Å². The molecule has 4 nitrogen and oxygen atoms in total. The molecule has 0 aliphatic carbocycles. The zero-order valence-corrected chi connectivity index (χ0v) is 15.9. The van der Waals surface area contributed by atoms with Crippen molar-refractivity contribution in [3.05, 3.63) is 95.2 Å². The molecule has 148 valence electrons. The fourth-order valence-corrected chi connectivity index (χ4v) is 4.78. The van der Waals surface area contributed by atoms with E-state index >= 15 is 0 Å². The van der Waals surface area contributed by atoms with Gasteiger partial charge in [0.05, 0.1) is 16.9 Å². The number of hydrogen-bond donors (Lipinski definition) is 1. The maximum absolute atomic E-state index is 14.2. The molecule has 0 radical (unpaired) electrons. The molecule has 0 spiro atoms. The fourth-order valence-electron chi connectivity index (χ4n) is 4.78. The summed E-state index contributed by atoms with van der Waals surface area (Å²) in [6, 6.07) is 18.5. The Kier molecular flexibility index (Phi) is 3.53. The number of anilines is 2. The van der Waals surface area contributed by atoms with Crippen LogP contribution in [0.1, 0.15) is 27.8 Å². The number of aromatic amines is 1. The minimum atomic E-state index is -0.469. The molecule has 0 saturated carbocycles. The Bertz CT molecular complexity index is 1330. The lowest BCUT2D eigenvalue weighted by Gasteiger charge is -2.47. The van der Waals surface area contributed by atoms with E-state index in [-0.39, 0.29) is 17.3 Å². The summed E-state index contributed by atoms with van der Waals surface area (Å²) in [6.45, 7) is 0.500. The molecule has 1 atom stereocenters. The molecule has 0 bridgehead atoms. The van der Waals surface area contributed by atoms with Crippen molar-refractivity contribution < 1.29 is 13.6 Å². The van der Waals surface area contributed by atoms with E-state index in [4.69, 9.17) is 0 Å². The normalized spacial score (nSPS) is 17.7. The first-order chi connectivity index (χ1) is 14.6. The second kappa shape index (κ2) is 6.16. The van der Waals surface area contributed by atoms with Gasteiger partial charge in [0.15, 0.2) is 6.17 Å². The van der Waals surface area contributed by atoms with E-state index in [0.29, 0.717) is 24.3 Å². The van der Waals surface area contributed by atoms with Gasteiger partial charge in [-0.1, -0.05) is 24.3 Å². The standard InChI is InChI=1S/C24H17F2N3O/c25-14-4-3-5-16(12-14)29-21-9-8-15(26)13-19(21)24(30)28-11-10-18-17-6-1-2-7-20(17)27-22(18)23(28)29/h1-9,12-13,23,27H,10-11H2. The number of aromatic nitrogens is 1. The van der Waals surface area contributed by atoms with Crippen LogP contribution in [0.3, 0.4) is 0 Å². The molecule has 0 fully saturated rings. The van der Waals surface area contributed by atoms with Crippen LogP contribution in [-0.2, 0) is 6.42 Å². The molecular weight excluding hydrogens is 384 g/mol. The summed E-state index contributed by atoms with van der Waals surface area (Å²) in [5, 5.41) is 1.13. The Hall–Kier alpha value is -3.67. The van der Waals surface area contributed by atoms with Gasteiger partial charge in [-0.2, -0.15) is 0 Å². The number of benzene rings is 3. The zero-order chi connectivity index (χ0) is 20.4. The highest BCUT2D eigenvalue weighted by Crippen LogP contribution is 2.47. The summed E-state index contributed by atoms with van der Waals surface area (Å²) < 4.78 is 28.2. The first-order valence-corrected chi connectivity index (χ1v) is 9.86. The lowest BCUT2D eigenvalue weighted by Crippen LogP contribution is -2.50. The fraction of sp³-hybridized carbons (Fsp3) is 0.125. The SMILES string of the molecule is O=C1c2cc(F)ccc2N(c2cccc(F)c2)C2c3[nH]c4ccccc4c3CCN12. The number of carbonyl (C=O) groups is 1. The van der Waals surface area contributed by atoms with Gasteiger partial charge in [-0.15, -0.1) is 0 Å². The van der Waals surface area contributed by atoms with Crippen LogP contribution < -0.4 is 4.90 Å². The summed E-state index contributed by atoms with van der Waals surface area (Å²) in [7, 11) is 0. The lowest BCUT2D eigenvalue weighted by atomic mass is 9.95. The van der Waals surface area contributed by atoms with Crippen molar-refractivity contribution in [1.82, 2.24) is 9.88 Å². The van der Waals surface area contributed by atoms with Crippen molar-refractivity contribution in [3.63, 3.8) is 0 Å². The summed E-state index contributed by atoms with van der Waals surface area (Å²) in [4.78, 5) is 20.5. The third kappa shape index (κ3) is 2.33. The van der Waals surface area contributed by atoms with Crippen molar-refractivity contribution in [1.29, 1.82) is 0 Å². The first kappa shape index (κ1) is 17.2. The Morgan fingerprint density at radius 2 is 1.77 bits per heavy atom. The van der Waals surface area contributed by atoms with E-state index in [1.165, 1.54) is 24.3 Å². The quantitative estimate of drug-likeness (QED) is 0.470. The number of para-hydroxylation sites is 1. The predicted molar refractivity (Wildman–Crippen MR) is 111 cm³/mol. The van der Waals surface area contributed by atoms with Crippen LogP contribution in [0, 0.1) is 11.6 Å². The van der Waals surface area contributed by atoms with Crippen LogP contribution in [0.25, 0.3) is 10.9 Å². The van der Waals surface area contributed by atoms with Gasteiger partial charge in [0, 0.05) is 23.1 Å². The highest BCUT2D eigenvalue weighted by molar-refractivity contribution is 6.04. The Morgan fingerprint density at radius 1 is 0.933 bits per heavy atom. The maximum Gasteiger partial charge on any atom is 0.258 e. The van der Waals surface area contributed by atoms with Crippen molar-refractivity contribution in [2.75, 3.05) is 11.4 Å². The Balaban J connectivity index is 1.65. The van der Waals surface area contributed by atoms with E-state index in [1.54, 1.807) is 23.1 Å². The molecule has 3 aromatic carbocycles. The van der Waals surface area contributed by atoms with Crippen LogP contribution in [0.5, 0.6) is 0 Å². The van der Waals surface area contributed by atoms with Crippen LogP contribution in [0.4, 0.5) is 20.2 Å². The first-order valence-electron chi connectivity index (χ1n) is 9.86. The minimum absolute atomic E-state index is 0.216. The second-order valence-corrected chi connectivity index (χ2v) is 7.70. The minimum Gasteiger partial charge on any atom is -0.355 e. The Morgan fingerprint density at radius 3 is 2.63 bits per heavy atom. The molecule has 6 heteroatoms. The molecule has 4 aromatic rings. The van der Waals surface area contributed by atoms with E-state index in [2.05, 4.69) is 11.1 Å². The maximum atomic E-state index is 14.2. The number of fused-ring (bicyclic) bond motifs is 6. The van der Waals surface area contributed by atoms with E-state index in [1.807, 2.05) is 23.1 Å². The molecule has 3 heterocycles. The summed E-state index contributed by atoms with van der Waals surface area (Å²) in [6.07, 6.45) is 0.233. The highest BCUT2D eigenvalue weighted by atomic mass is 19.1. The van der Waals surface area contributed by atoms with E-state index in [9.17, 15) is 13.6 Å². The second-order valence-electron chi connectivity index (χ2n) is 7.70. The molecule has 1 aromatic heterocycles. The number of nitrogens with one attached hydrogen (secondary N) is 1. The number of amides is 1. The van der Waals surface area contributed by atoms with Crippen molar-refractivity contribution in [3.8, 4) is 0 Å². The van der Waals surface area contributed by atoms with Crippen LogP contribution in [0.15, 0.2) is 66.7 Å².